The van der Waals surface area contributed by atoms with Crippen LogP contribution in [0.5, 0.6) is 0 Å². The second-order valence-corrected chi connectivity index (χ2v) is 2.87. The largest absolute Gasteiger partial charge is 0.381 e. The molecule has 56 valence electrons. The molecule has 1 heterocycles. The average molecular weight is 130 g/mol. The van der Waals surface area contributed by atoms with E-state index in [1.165, 1.54) is 6.42 Å². The van der Waals surface area contributed by atoms with Gasteiger partial charge in [-0.25, -0.2) is 0 Å². The molecule has 0 N–H and O–H groups in total. The normalized spacial score (nSPS) is 26.3. The van der Waals surface area contributed by atoms with Gasteiger partial charge < -0.3 is 4.74 Å². The van der Waals surface area contributed by atoms with Crippen molar-refractivity contribution in [1.82, 2.24) is 0 Å². The zero-order valence-electron chi connectivity index (χ0n) is 5.68. The van der Waals surface area contributed by atoms with Crippen molar-refractivity contribution in [3.05, 3.63) is 0 Å². The van der Waals surface area contributed by atoms with Crippen LogP contribution in [-0.4, -0.2) is 13.2 Å². The Kier molecular flexibility index (Phi) is 3.87. The third-order valence-electron chi connectivity index (χ3n) is 1.91. The second kappa shape index (κ2) is 3.89. The molecule has 0 aliphatic carbocycles. The monoisotopic (exact) mass is 130 g/mol. The lowest BCUT2D eigenvalue weighted by molar-refractivity contribution is 0.177. The third kappa shape index (κ3) is 2.35. The summed E-state index contributed by atoms with van der Waals surface area (Å²) in [5.41, 5.74) is 0. The summed E-state index contributed by atoms with van der Waals surface area (Å²) in [4.78, 5) is 0. The van der Waals surface area contributed by atoms with Crippen molar-refractivity contribution >= 4 is 0 Å². The van der Waals surface area contributed by atoms with Crippen LogP contribution in [0.1, 0.15) is 27.7 Å². The molecule has 0 aromatic carbocycles. The van der Waals surface area contributed by atoms with Gasteiger partial charge in [0.15, 0.2) is 0 Å². The zero-order chi connectivity index (χ0) is 5.98. The summed E-state index contributed by atoms with van der Waals surface area (Å²) >= 11 is 0. The first-order valence-corrected chi connectivity index (χ1v) is 3.38. The molecular formula is C8H18O. The molecule has 0 saturated carbocycles. The lowest BCUT2D eigenvalue weighted by atomic mass is 9.96. The molecule has 1 heteroatoms. The molecule has 1 fully saturated rings. The van der Waals surface area contributed by atoms with Gasteiger partial charge >= 0.3 is 0 Å². The van der Waals surface area contributed by atoms with Gasteiger partial charge in [0.1, 0.15) is 0 Å². The molecule has 1 unspecified atom stereocenters. The van der Waals surface area contributed by atoms with Crippen LogP contribution in [0.2, 0.25) is 0 Å². The SMILES string of the molecule is C.CC(C)C1CCOC1. The predicted octanol–water partition coefficient (Wildman–Crippen LogP) is 2.32. The van der Waals surface area contributed by atoms with Crippen LogP contribution in [0.15, 0.2) is 0 Å². The lowest BCUT2D eigenvalue weighted by Crippen LogP contribution is -2.06. The Morgan fingerprint density at radius 1 is 1.44 bits per heavy atom. The Morgan fingerprint density at radius 2 is 2.11 bits per heavy atom. The van der Waals surface area contributed by atoms with Gasteiger partial charge in [0.25, 0.3) is 0 Å². The molecule has 1 saturated heterocycles. The maximum Gasteiger partial charge on any atom is 0.0497 e. The van der Waals surface area contributed by atoms with E-state index >= 15 is 0 Å². The molecule has 9 heavy (non-hydrogen) atoms. The van der Waals surface area contributed by atoms with Gasteiger partial charge in [-0.3, -0.25) is 0 Å². The van der Waals surface area contributed by atoms with Crippen LogP contribution in [0.25, 0.3) is 0 Å². The zero-order valence-corrected chi connectivity index (χ0v) is 5.68. The van der Waals surface area contributed by atoms with Gasteiger partial charge in [0.2, 0.25) is 0 Å². The lowest BCUT2D eigenvalue weighted by Gasteiger charge is -2.09. The number of rotatable bonds is 1. The third-order valence-corrected chi connectivity index (χ3v) is 1.91. The van der Waals surface area contributed by atoms with Crippen LogP contribution in [-0.2, 0) is 4.74 Å². The van der Waals surface area contributed by atoms with Crippen molar-refractivity contribution in [2.75, 3.05) is 13.2 Å². The minimum absolute atomic E-state index is 0. The molecule has 1 atom stereocenters. The quantitative estimate of drug-likeness (QED) is 0.529. The van der Waals surface area contributed by atoms with Crippen molar-refractivity contribution in [2.45, 2.75) is 27.7 Å². The summed E-state index contributed by atoms with van der Waals surface area (Å²) in [6, 6.07) is 0. The molecule has 1 aliphatic heterocycles. The Bertz CT molecular complexity index is 63.0. The smallest absolute Gasteiger partial charge is 0.0497 e. The van der Waals surface area contributed by atoms with Crippen molar-refractivity contribution in [3.8, 4) is 0 Å². The second-order valence-electron chi connectivity index (χ2n) is 2.87. The van der Waals surface area contributed by atoms with E-state index in [2.05, 4.69) is 13.8 Å². The molecular weight excluding hydrogens is 112 g/mol. The fourth-order valence-electron chi connectivity index (χ4n) is 1.08. The summed E-state index contributed by atoms with van der Waals surface area (Å²) in [6.07, 6.45) is 1.28. The average Bonchev–Trinajstić information content (AvgIpc) is 2.12. The van der Waals surface area contributed by atoms with E-state index in [1.807, 2.05) is 0 Å². The van der Waals surface area contributed by atoms with Crippen LogP contribution < -0.4 is 0 Å². The minimum atomic E-state index is 0. The van der Waals surface area contributed by atoms with E-state index in [-0.39, 0.29) is 7.43 Å². The standard InChI is InChI=1S/C7H14O.CH4/c1-6(2)7-3-4-8-5-7;/h6-7H,3-5H2,1-2H3;1H4. The highest BCUT2D eigenvalue weighted by molar-refractivity contribution is 4.66. The van der Waals surface area contributed by atoms with E-state index in [1.54, 1.807) is 0 Å². The van der Waals surface area contributed by atoms with Gasteiger partial charge in [-0.15, -0.1) is 0 Å². The number of ether oxygens (including phenoxy) is 1. The van der Waals surface area contributed by atoms with Gasteiger partial charge in [0.05, 0.1) is 0 Å². The molecule has 1 rings (SSSR count). The first-order chi connectivity index (χ1) is 3.80. The molecule has 1 nitrogen and oxygen atoms in total. The van der Waals surface area contributed by atoms with E-state index in [0.717, 1.165) is 25.0 Å². The van der Waals surface area contributed by atoms with Crippen LogP contribution in [0, 0.1) is 11.8 Å². The van der Waals surface area contributed by atoms with E-state index in [4.69, 9.17) is 4.74 Å². The highest BCUT2D eigenvalue weighted by atomic mass is 16.5. The maximum absolute atomic E-state index is 5.22. The summed E-state index contributed by atoms with van der Waals surface area (Å²) in [5, 5.41) is 0. The predicted molar refractivity (Wildman–Crippen MR) is 40.5 cm³/mol. The maximum atomic E-state index is 5.22. The van der Waals surface area contributed by atoms with Crippen LogP contribution >= 0.6 is 0 Å². The highest BCUT2D eigenvalue weighted by Gasteiger charge is 2.17. The summed E-state index contributed by atoms with van der Waals surface area (Å²) in [5.74, 6) is 1.66. The summed E-state index contributed by atoms with van der Waals surface area (Å²) < 4.78 is 5.22. The molecule has 0 radical (unpaired) electrons. The van der Waals surface area contributed by atoms with Crippen molar-refractivity contribution in [1.29, 1.82) is 0 Å². The molecule has 0 amide bonds. The fraction of sp³-hybridized carbons (Fsp3) is 1.00. The Labute approximate surface area is 58.4 Å². The Morgan fingerprint density at radius 3 is 2.33 bits per heavy atom. The summed E-state index contributed by atoms with van der Waals surface area (Å²) in [7, 11) is 0. The van der Waals surface area contributed by atoms with Crippen LogP contribution in [0.3, 0.4) is 0 Å². The molecule has 0 bridgehead atoms. The van der Waals surface area contributed by atoms with E-state index in [9.17, 15) is 0 Å². The van der Waals surface area contributed by atoms with Crippen molar-refractivity contribution in [2.24, 2.45) is 11.8 Å². The van der Waals surface area contributed by atoms with Gasteiger partial charge in [-0.2, -0.15) is 0 Å². The number of hydrogen-bond donors (Lipinski definition) is 0. The highest BCUT2D eigenvalue weighted by Crippen LogP contribution is 2.20. The molecule has 0 aromatic heterocycles. The van der Waals surface area contributed by atoms with Gasteiger partial charge in [-0.1, -0.05) is 21.3 Å². The first-order valence-electron chi connectivity index (χ1n) is 3.38. The van der Waals surface area contributed by atoms with E-state index < -0.39 is 0 Å². The Balaban J connectivity index is 0.000000640. The van der Waals surface area contributed by atoms with E-state index in [0.29, 0.717) is 0 Å². The Hall–Kier alpha value is -0.0400. The van der Waals surface area contributed by atoms with Gasteiger partial charge in [0, 0.05) is 13.2 Å². The van der Waals surface area contributed by atoms with Crippen molar-refractivity contribution < 1.29 is 4.74 Å². The first kappa shape index (κ1) is 8.96. The molecule has 0 spiro atoms. The topological polar surface area (TPSA) is 9.23 Å². The van der Waals surface area contributed by atoms with Crippen LogP contribution in [0.4, 0.5) is 0 Å². The minimum Gasteiger partial charge on any atom is -0.381 e. The van der Waals surface area contributed by atoms with Gasteiger partial charge in [-0.05, 0) is 18.3 Å². The molecule has 1 aliphatic rings. The summed E-state index contributed by atoms with van der Waals surface area (Å²) in [6.45, 7) is 6.51. The number of hydrogen-bond acceptors (Lipinski definition) is 1. The van der Waals surface area contributed by atoms with Crippen molar-refractivity contribution in [3.63, 3.8) is 0 Å². The molecule has 0 aromatic rings. The fourth-order valence-corrected chi connectivity index (χ4v) is 1.08.